The molecule has 0 radical (unpaired) electrons. The predicted octanol–water partition coefficient (Wildman–Crippen LogP) is 1.74. The van der Waals surface area contributed by atoms with Gasteiger partial charge in [0, 0.05) is 10.5 Å². The molecule has 0 aromatic carbocycles. The lowest BCUT2D eigenvalue weighted by molar-refractivity contribution is 0.453. The Kier molecular flexibility index (Phi) is 2.53. The van der Waals surface area contributed by atoms with Gasteiger partial charge in [0.05, 0.1) is 7.11 Å². The first-order valence-corrected chi connectivity index (χ1v) is 4.02. The summed E-state index contributed by atoms with van der Waals surface area (Å²) in [4.78, 5) is 0. The highest BCUT2D eigenvalue weighted by Crippen LogP contribution is 2.34. The minimum Gasteiger partial charge on any atom is -0.318 e. The number of hydrogen-bond donors (Lipinski definition) is 1. The summed E-state index contributed by atoms with van der Waals surface area (Å²) in [7, 11) is 1.72. The highest BCUT2D eigenvalue weighted by molar-refractivity contribution is 7.95. The van der Waals surface area contributed by atoms with Gasteiger partial charge in [-0.2, -0.15) is 12.6 Å². The van der Waals surface area contributed by atoms with Crippen LogP contribution in [0.3, 0.4) is 0 Å². The molecule has 0 aliphatic heterocycles. The molecule has 8 heavy (non-hydrogen) atoms. The van der Waals surface area contributed by atoms with E-state index in [-0.39, 0.29) is 0 Å². The van der Waals surface area contributed by atoms with Crippen LogP contribution >= 0.6 is 24.7 Å². The van der Waals surface area contributed by atoms with E-state index >= 15 is 0 Å². The average molecular weight is 150 g/mol. The minimum atomic E-state index is 0.641. The van der Waals surface area contributed by atoms with E-state index in [0.717, 1.165) is 5.25 Å². The van der Waals surface area contributed by atoms with Crippen LogP contribution in [0.1, 0.15) is 12.8 Å². The van der Waals surface area contributed by atoms with Crippen LogP contribution in [-0.2, 0) is 4.18 Å². The Morgan fingerprint density at radius 2 is 2.25 bits per heavy atom. The van der Waals surface area contributed by atoms with Crippen LogP contribution in [-0.4, -0.2) is 17.6 Å². The van der Waals surface area contributed by atoms with E-state index in [2.05, 4.69) is 12.6 Å². The van der Waals surface area contributed by atoms with E-state index in [0.29, 0.717) is 5.25 Å². The first kappa shape index (κ1) is 6.78. The van der Waals surface area contributed by atoms with Crippen molar-refractivity contribution in [3.8, 4) is 0 Å². The van der Waals surface area contributed by atoms with E-state index < -0.39 is 0 Å². The predicted molar refractivity (Wildman–Crippen MR) is 40.4 cm³/mol. The van der Waals surface area contributed by atoms with Crippen LogP contribution in [0.4, 0.5) is 0 Å². The molecule has 1 aliphatic rings. The molecule has 0 spiro atoms. The van der Waals surface area contributed by atoms with Gasteiger partial charge in [0.15, 0.2) is 0 Å². The lowest BCUT2D eigenvalue weighted by atomic mass is 9.99. The maximum atomic E-state index is 4.88. The topological polar surface area (TPSA) is 9.23 Å². The van der Waals surface area contributed by atoms with Gasteiger partial charge in [0.25, 0.3) is 0 Å². The van der Waals surface area contributed by atoms with E-state index in [1.54, 1.807) is 19.2 Å². The molecule has 1 rings (SSSR count). The zero-order chi connectivity index (χ0) is 5.98. The van der Waals surface area contributed by atoms with Crippen LogP contribution in [0.25, 0.3) is 0 Å². The second kappa shape index (κ2) is 2.99. The molecule has 0 bridgehead atoms. The summed E-state index contributed by atoms with van der Waals surface area (Å²) in [6.45, 7) is 0. The Morgan fingerprint density at radius 1 is 1.62 bits per heavy atom. The molecule has 48 valence electrons. The van der Waals surface area contributed by atoms with Crippen molar-refractivity contribution in [1.82, 2.24) is 0 Å². The molecule has 0 atom stereocenters. The Labute approximate surface area is 59.8 Å². The number of hydrogen-bond acceptors (Lipinski definition) is 3. The molecule has 0 unspecified atom stereocenters. The van der Waals surface area contributed by atoms with Crippen molar-refractivity contribution < 1.29 is 4.18 Å². The molecule has 1 saturated carbocycles. The summed E-state index contributed by atoms with van der Waals surface area (Å²) in [6, 6.07) is 0. The molecule has 0 aromatic rings. The molecular weight excluding hydrogens is 140 g/mol. The highest BCUT2D eigenvalue weighted by atomic mass is 32.2. The summed E-state index contributed by atoms with van der Waals surface area (Å²) in [5, 5.41) is 1.37. The zero-order valence-electron chi connectivity index (χ0n) is 4.83. The number of thiol groups is 1. The molecule has 3 heteroatoms. The van der Waals surface area contributed by atoms with Gasteiger partial charge in [-0.15, -0.1) is 0 Å². The SMILES string of the molecule is COSC1CC(S)C1. The Balaban J connectivity index is 1.98. The maximum absolute atomic E-state index is 4.88. The van der Waals surface area contributed by atoms with Crippen molar-refractivity contribution in [2.24, 2.45) is 0 Å². The summed E-state index contributed by atoms with van der Waals surface area (Å²) < 4.78 is 4.88. The van der Waals surface area contributed by atoms with Gasteiger partial charge in [-0.05, 0) is 24.9 Å². The van der Waals surface area contributed by atoms with Gasteiger partial charge < -0.3 is 4.18 Å². The third kappa shape index (κ3) is 1.57. The van der Waals surface area contributed by atoms with Crippen LogP contribution in [0, 0.1) is 0 Å². The number of rotatable bonds is 2. The highest BCUT2D eigenvalue weighted by Gasteiger charge is 2.26. The Morgan fingerprint density at radius 3 is 2.62 bits per heavy atom. The lowest BCUT2D eigenvalue weighted by Crippen LogP contribution is -2.26. The normalized spacial score (nSPS) is 36.8. The average Bonchev–Trinajstić information content (AvgIpc) is 1.64. The second-order valence-corrected chi connectivity index (χ2v) is 3.93. The van der Waals surface area contributed by atoms with Gasteiger partial charge in [-0.1, -0.05) is 0 Å². The van der Waals surface area contributed by atoms with Crippen molar-refractivity contribution in [3.05, 3.63) is 0 Å². The zero-order valence-corrected chi connectivity index (χ0v) is 6.54. The molecule has 0 amide bonds. The largest absolute Gasteiger partial charge is 0.318 e. The smallest absolute Gasteiger partial charge is 0.0503 e. The van der Waals surface area contributed by atoms with Crippen molar-refractivity contribution in [2.75, 3.05) is 7.11 Å². The van der Waals surface area contributed by atoms with E-state index in [1.807, 2.05) is 0 Å². The van der Waals surface area contributed by atoms with Gasteiger partial charge in [0.2, 0.25) is 0 Å². The quantitative estimate of drug-likeness (QED) is 0.474. The standard InChI is InChI=1S/C5H10OS2/c1-6-8-5-2-4(7)3-5/h4-5,7H,2-3H2,1H3. The van der Waals surface area contributed by atoms with E-state index in [4.69, 9.17) is 4.18 Å². The molecule has 1 aliphatic carbocycles. The second-order valence-electron chi connectivity index (χ2n) is 2.01. The van der Waals surface area contributed by atoms with Crippen molar-refractivity contribution in [3.63, 3.8) is 0 Å². The fourth-order valence-electron chi connectivity index (χ4n) is 0.753. The van der Waals surface area contributed by atoms with Crippen LogP contribution < -0.4 is 0 Å². The summed E-state index contributed by atoms with van der Waals surface area (Å²) in [5.41, 5.74) is 0. The van der Waals surface area contributed by atoms with Gasteiger partial charge in [-0.3, -0.25) is 0 Å². The summed E-state index contributed by atoms with van der Waals surface area (Å²) >= 11 is 5.84. The lowest BCUT2D eigenvalue weighted by Gasteiger charge is -2.29. The Hall–Kier alpha value is 0.660. The molecule has 0 saturated heterocycles. The molecule has 1 nitrogen and oxygen atoms in total. The monoisotopic (exact) mass is 150 g/mol. The molecule has 0 heterocycles. The van der Waals surface area contributed by atoms with Crippen LogP contribution in [0.2, 0.25) is 0 Å². The fraction of sp³-hybridized carbons (Fsp3) is 1.00. The van der Waals surface area contributed by atoms with Crippen LogP contribution in [0.5, 0.6) is 0 Å². The summed E-state index contributed by atoms with van der Waals surface area (Å²) in [6.07, 6.45) is 2.42. The van der Waals surface area contributed by atoms with Crippen molar-refractivity contribution in [1.29, 1.82) is 0 Å². The van der Waals surface area contributed by atoms with E-state index in [9.17, 15) is 0 Å². The molecular formula is C5H10OS2. The first-order valence-electron chi connectivity index (χ1n) is 2.70. The van der Waals surface area contributed by atoms with Crippen LogP contribution in [0.15, 0.2) is 0 Å². The Bertz CT molecular complexity index is 68.1. The molecule has 0 N–H and O–H groups in total. The van der Waals surface area contributed by atoms with Gasteiger partial charge in [0.1, 0.15) is 0 Å². The fourth-order valence-corrected chi connectivity index (χ4v) is 2.44. The maximum Gasteiger partial charge on any atom is 0.0503 e. The summed E-state index contributed by atoms with van der Waals surface area (Å²) in [5.74, 6) is 0. The molecule has 0 aromatic heterocycles. The van der Waals surface area contributed by atoms with Gasteiger partial charge >= 0.3 is 0 Å². The van der Waals surface area contributed by atoms with Gasteiger partial charge in [-0.25, -0.2) is 0 Å². The molecule has 1 fully saturated rings. The third-order valence-corrected chi connectivity index (χ3v) is 2.57. The van der Waals surface area contributed by atoms with E-state index in [1.165, 1.54) is 12.8 Å². The third-order valence-electron chi connectivity index (χ3n) is 1.30. The first-order chi connectivity index (χ1) is 3.83. The van der Waals surface area contributed by atoms with Crippen molar-refractivity contribution in [2.45, 2.75) is 23.3 Å². The minimum absolute atomic E-state index is 0.641. The van der Waals surface area contributed by atoms with Crippen molar-refractivity contribution >= 4 is 24.7 Å².